The zero-order chi connectivity index (χ0) is 21.7. The van der Waals surface area contributed by atoms with Crippen molar-refractivity contribution in [1.82, 2.24) is 24.7 Å². The number of hydrogen-bond acceptors (Lipinski definition) is 6. The molecule has 1 aliphatic heterocycles. The van der Waals surface area contributed by atoms with E-state index in [4.69, 9.17) is 28.9 Å². The van der Waals surface area contributed by atoms with Crippen molar-refractivity contribution in [3.05, 3.63) is 47.8 Å². The molecule has 162 valence electrons. The maximum atomic E-state index is 13.0. The van der Waals surface area contributed by atoms with Crippen LogP contribution in [0.4, 0.5) is 24.7 Å². The summed E-state index contributed by atoms with van der Waals surface area (Å²) < 4.78 is 39.8. The number of rotatable bonds is 3. The molecule has 0 spiro atoms. The van der Waals surface area contributed by atoms with E-state index in [1.165, 1.54) is 11.6 Å². The molecule has 0 bridgehead atoms. The maximum absolute atomic E-state index is 13.0. The lowest BCUT2D eigenvalue weighted by molar-refractivity contribution is -0.146. The molecule has 0 radical (unpaired) electrons. The van der Waals surface area contributed by atoms with Crippen LogP contribution in [0.5, 0.6) is 0 Å². The van der Waals surface area contributed by atoms with Gasteiger partial charge in [-0.25, -0.2) is 0 Å². The molecule has 30 heavy (non-hydrogen) atoms. The van der Waals surface area contributed by atoms with E-state index in [0.29, 0.717) is 18.9 Å². The molecule has 0 unspecified atom stereocenters. The number of nitrogen functional groups attached to an aromatic ring is 1. The average Bonchev–Trinajstić information content (AvgIpc) is 3.15. The lowest BCUT2D eigenvalue weighted by atomic mass is 10.2. The lowest BCUT2D eigenvalue weighted by Crippen LogP contribution is -2.46. The molecule has 1 fully saturated rings. The summed E-state index contributed by atoms with van der Waals surface area (Å²) in [4.78, 5) is 4.26. The highest BCUT2D eigenvalue weighted by atomic mass is 35.5. The van der Waals surface area contributed by atoms with Crippen LogP contribution in [0.3, 0.4) is 0 Å². The second-order valence-corrected chi connectivity index (χ2v) is 7.40. The van der Waals surface area contributed by atoms with Crippen molar-refractivity contribution in [2.75, 3.05) is 42.2 Å². The summed E-state index contributed by atoms with van der Waals surface area (Å²) in [6.07, 6.45) is -4.59. The first-order valence-corrected chi connectivity index (χ1v) is 10.1. The van der Waals surface area contributed by atoms with E-state index in [1.54, 1.807) is 6.07 Å². The minimum atomic E-state index is -4.59. The number of hydrogen-bond donors (Lipinski definition) is 1. The molecule has 3 aromatic rings. The molecule has 1 aliphatic rings. The third-order valence-corrected chi connectivity index (χ3v) is 4.58. The highest BCUT2D eigenvalue weighted by Gasteiger charge is 2.37. The van der Waals surface area contributed by atoms with Crippen molar-refractivity contribution in [3.63, 3.8) is 0 Å². The fourth-order valence-electron chi connectivity index (χ4n) is 3.14. The predicted octanol–water partition coefficient (Wildman–Crippen LogP) is 3.47. The van der Waals surface area contributed by atoms with E-state index in [0.717, 1.165) is 29.8 Å². The van der Waals surface area contributed by atoms with Crippen LogP contribution in [0, 0.1) is 0 Å². The third-order valence-electron chi connectivity index (χ3n) is 4.58. The average molecular weight is 462 g/mol. The Balaban J connectivity index is 0.000000806. The fourth-order valence-corrected chi connectivity index (χ4v) is 3.14. The number of nitrogens with two attached hydrogens (primary N) is 1. The minimum absolute atomic E-state index is 0.0769. The summed E-state index contributed by atoms with van der Waals surface area (Å²) in [6, 6.07) is 10.9. The highest BCUT2D eigenvalue weighted by molar-refractivity contribution is 6.40. The van der Waals surface area contributed by atoms with E-state index < -0.39 is 12.0 Å². The van der Waals surface area contributed by atoms with Gasteiger partial charge in [0.15, 0.2) is 5.65 Å². The van der Waals surface area contributed by atoms with Crippen LogP contribution in [-0.4, -0.2) is 56.2 Å². The normalized spacial score (nSPS) is 15.2. The molecular formula is C18H20Cl2F3N7. The van der Waals surface area contributed by atoms with Crippen LogP contribution in [0.15, 0.2) is 36.4 Å². The third kappa shape index (κ3) is 5.44. The van der Waals surface area contributed by atoms with Crippen molar-refractivity contribution in [2.45, 2.75) is 12.7 Å². The molecule has 1 aromatic carbocycles. The van der Waals surface area contributed by atoms with Gasteiger partial charge in [0.05, 0.1) is 5.34 Å². The van der Waals surface area contributed by atoms with E-state index in [9.17, 15) is 13.2 Å². The van der Waals surface area contributed by atoms with Crippen LogP contribution in [0.25, 0.3) is 5.65 Å². The number of nitrogens with zero attached hydrogens (tertiary/aromatic N) is 6. The number of benzene rings is 1. The molecule has 3 heterocycles. The monoisotopic (exact) mass is 461 g/mol. The summed E-state index contributed by atoms with van der Waals surface area (Å²) >= 11 is 9.53. The van der Waals surface area contributed by atoms with Gasteiger partial charge in [-0.05, 0) is 29.8 Å². The molecule has 0 aliphatic carbocycles. The first-order valence-electron chi connectivity index (χ1n) is 9.05. The molecule has 2 aromatic heterocycles. The zero-order valence-corrected chi connectivity index (χ0v) is 17.4. The van der Waals surface area contributed by atoms with E-state index in [-0.39, 0.29) is 11.0 Å². The minimum Gasteiger partial charge on any atom is -0.399 e. The largest absolute Gasteiger partial charge is 0.453 e. The van der Waals surface area contributed by atoms with Gasteiger partial charge < -0.3 is 10.6 Å². The van der Waals surface area contributed by atoms with E-state index >= 15 is 0 Å². The molecule has 0 amide bonds. The zero-order valence-electron chi connectivity index (χ0n) is 15.9. The molecule has 0 atom stereocenters. The van der Waals surface area contributed by atoms with Gasteiger partial charge in [-0.1, -0.05) is 12.1 Å². The molecular weight excluding hydrogens is 442 g/mol. The molecule has 1 saturated heterocycles. The molecule has 2 N–H and O–H groups in total. The van der Waals surface area contributed by atoms with Crippen molar-refractivity contribution < 1.29 is 13.2 Å². The summed E-state index contributed by atoms with van der Waals surface area (Å²) in [7, 11) is 0. The van der Waals surface area contributed by atoms with Crippen molar-refractivity contribution in [1.29, 1.82) is 0 Å². The van der Waals surface area contributed by atoms with Gasteiger partial charge >= 0.3 is 6.18 Å². The summed E-state index contributed by atoms with van der Waals surface area (Å²) in [6.45, 7) is 3.74. The van der Waals surface area contributed by atoms with Gasteiger partial charge in [0, 0.05) is 38.4 Å². The van der Waals surface area contributed by atoms with Gasteiger partial charge in [0.1, 0.15) is 5.82 Å². The Kier molecular flexibility index (Phi) is 7.22. The number of fused-ring (bicyclic) bond motifs is 1. The quantitative estimate of drug-likeness (QED) is 0.475. The molecule has 12 heteroatoms. The van der Waals surface area contributed by atoms with E-state index in [1.807, 2.05) is 29.2 Å². The van der Waals surface area contributed by atoms with Crippen LogP contribution in [0.2, 0.25) is 0 Å². The second kappa shape index (κ2) is 9.67. The van der Waals surface area contributed by atoms with Crippen molar-refractivity contribution in [2.24, 2.45) is 0 Å². The fraction of sp³-hybridized carbons (Fsp3) is 0.389. The van der Waals surface area contributed by atoms with Crippen molar-refractivity contribution in [3.8, 4) is 0 Å². The molecule has 7 nitrogen and oxygen atoms in total. The first kappa shape index (κ1) is 22.4. The Labute approximate surface area is 181 Å². The van der Waals surface area contributed by atoms with Gasteiger partial charge in [0.2, 0.25) is 0 Å². The number of anilines is 2. The van der Waals surface area contributed by atoms with Crippen LogP contribution in [-0.2, 0) is 12.7 Å². The van der Waals surface area contributed by atoms with E-state index in [2.05, 4.69) is 20.2 Å². The Morgan fingerprint density at radius 2 is 1.57 bits per heavy atom. The molecule has 4 rings (SSSR count). The van der Waals surface area contributed by atoms with Crippen LogP contribution >= 0.6 is 23.2 Å². The van der Waals surface area contributed by atoms with Crippen LogP contribution in [0.1, 0.15) is 11.4 Å². The Morgan fingerprint density at radius 1 is 0.933 bits per heavy atom. The van der Waals surface area contributed by atoms with Crippen molar-refractivity contribution >= 4 is 40.4 Å². The Hall–Kier alpha value is -2.30. The number of aromatic nitrogens is 4. The summed E-state index contributed by atoms with van der Waals surface area (Å²) in [5.74, 6) is -0.624. The highest BCUT2D eigenvalue weighted by Crippen LogP contribution is 2.28. The summed E-state index contributed by atoms with van der Waals surface area (Å²) in [5, 5.41) is 11.0. The first-order chi connectivity index (χ1) is 14.3. The van der Waals surface area contributed by atoms with Gasteiger partial charge in [-0.3, -0.25) is 4.90 Å². The van der Waals surface area contributed by atoms with Gasteiger partial charge in [-0.2, -0.15) is 17.7 Å². The van der Waals surface area contributed by atoms with Gasteiger partial charge in [-0.15, -0.1) is 38.5 Å². The summed E-state index contributed by atoms with van der Waals surface area (Å²) in [5.41, 5.74) is 7.69. The number of halogens is 5. The number of alkyl halides is 5. The second-order valence-electron chi connectivity index (χ2n) is 6.59. The lowest BCUT2D eigenvalue weighted by Gasteiger charge is -2.35. The SMILES string of the molecule is ClCCl.Nc1ccc(CN2CCN(c3ccc4nnc(C(F)(F)F)n4n3)CC2)cc1. The predicted molar refractivity (Wildman–Crippen MR) is 111 cm³/mol. The van der Waals surface area contributed by atoms with Crippen LogP contribution < -0.4 is 10.6 Å². The topological polar surface area (TPSA) is 75.6 Å². The maximum Gasteiger partial charge on any atom is 0.453 e. The van der Waals surface area contributed by atoms with Gasteiger partial charge in [0.25, 0.3) is 5.82 Å². The standard InChI is InChI=1S/C17H18F3N7.CH2Cl2/c18-17(19,20)16-23-22-14-5-6-15(24-27(14)16)26-9-7-25(8-10-26)11-12-1-3-13(21)4-2-12;2-1-3/h1-6H,7-11,21H2;1H2. The Morgan fingerprint density at radius 3 is 2.17 bits per heavy atom. The molecule has 0 saturated carbocycles. The number of piperazine rings is 1. The smallest absolute Gasteiger partial charge is 0.399 e. The Bertz CT molecular complexity index is 955.